The average Bonchev–Trinajstić information content (AvgIpc) is 2.76. The zero-order valence-electron chi connectivity index (χ0n) is 14.0. The molecule has 0 aliphatic rings. The Bertz CT molecular complexity index is 600. The minimum atomic E-state index is 0.0245. The van der Waals surface area contributed by atoms with Gasteiger partial charge >= 0.3 is 0 Å². The van der Waals surface area contributed by atoms with Crippen LogP contribution in [0.4, 0.5) is 0 Å². The molecule has 0 bridgehead atoms. The molecular weight excluding hydrogens is 262 g/mol. The van der Waals surface area contributed by atoms with Crippen molar-refractivity contribution in [3.8, 4) is 5.75 Å². The molecule has 3 nitrogen and oxygen atoms in total. The lowest BCUT2D eigenvalue weighted by Crippen LogP contribution is -2.38. The minimum absolute atomic E-state index is 0.0245. The third kappa shape index (κ3) is 4.50. The van der Waals surface area contributed by atoms with Crippen LogP contribution in [0.3, 0.4) is 0 Å². The summed E-state index contributed by atoms with van der Waals surface area (Å²) in [6.45, 7) is 14.4. The summed E-state index contributed by atoms with van der Waals surface area (Å²) in [5, 5.41) is 4.51. The third-order valence-electron chi connectivity index (χ3n) is 3.25. The van der Waals surface area contributed by atoms with Crippen LogP contribution >= 0.6 is 0 Å². The molecular formula is C18H27NO2. The molecule has 2 aromatic rings. The van der Waals surface area contributed by atoms with Gasteiger partial charge in [-0.25, -0.2) is 0 Å². The highest BCUT2D eigenvalue weighted by Gasteiger charge is 2.19. The van der Waals surface area contributed by atoms with E-state index in [4.69, 9.17) is 9.15 Å². The Morgan fingerprint density at radius 3 is 2.38 bits per heavy atom. The number of hydrogen-bond acceptors (Lipinski definition) is 3. The van der Waals surface area contributed by atoms with Crippen LogP contribution in [0, 0.1) is 0 Å². The Hall–Kier alpha value is -1.48. The van der Waals surface area contributed by atoms with E-state index >= 15 is 0 Å². The number of benzene rings is 1. The number of fused-ring (bicyclic) bond motifs is 1. The quantitative estimate of drug-likeness (QED) is 0.842. The molecule has 0 saturated heterocycles. The molecule has 0 amide bonds. The van der Waals surface area contributed by atoms with E-state index in [9.17, 15) is 0 Å². The van der Waals surface area contributed by atoms with E-state index in [0.29, 0.717) is 6.61 Å². The van der Waals surface area contributed by atoms with Crippen LogP contribution in [0.2, 0.25) is 0 Å². The van der Waals surface area contributed by atoms with Gasteiger partial charge in [-0.1, -0.05) is 20.8 Å². The summed E-state index contributed by atoms with van der Waals surface area (Å²) in [6, 6.07) is 8.10. The Morgan fingerprint density at radius 1 is 1.05 bits per heavy atom. The number of ether oxygens (including phenoxy) is 1. The predicted molar refractivity (Wildman–Crippen MR) is 88.2 cm³/mol. The largest absolute Gasteiger partial charge is 0.492 e. The molecule has 1 N–H and O–H groups in total. The van der Waals surface area contributed by atoms with Crippen molar-refractivity contribution < 1.29 is 9.15 Å². The van der Waals surface area contributed by atoms with Gasteiger partial charge in [-0.05, 0) is 45.0 Å². The molecule has 3 heteroatoms. The number of nitrogens with one attached hydrogen (secondary N) is 1. The highest BCUT2D eigenvalue weighted by molar-refractivity contribution is 5.79. The van der Waals surface area contributed by atoms with Gasteiger partial charge < -0.3 is 14.5 Å². The van der Waals surface area contributed by atoms with E-state index in [0.717, 1.165) is 29.0 Å². The van der Waals surface area contributed by atoms with Gasteiger partial charge in [-0.2, -0.15) is 0 Å². The van der Waals surface area contributed by atoms with E-state index in [1.807, 2.05) is 18.2 Å². The molecule has 0 unspecified atom stereocenters. The van der Waals surface area contributed by atoms with E-state index in [-0.39, 0.29) is 11.0 Å². The van der Waals surface area contributed by atoms with E-state index in [1.54, 1.807) is 0 Å². The summed E-state index contributed by atoms with van der Waals surface area (Å²) in [6.07, 6.45) is 0. The van der Waals surface area contributed by atoms with Crippen molar-refractivity contribution in [1.82, 2.24) is 5.32 Å². The minimum Gasteiger partial charge on any atom is -0.492 e. The van der Waals surface area contributed by atoms with Crippen LogP contribution in [-0.4, -0.2) is 18.7 Å². The zero-order valence-corrected chi connectivity index (χ0v) is 14.0. The molecule has 1 heterocycles. The van der Waals surface area contributed by atoms with Crippen LogP contribution in [0.15, 0.2) is 28.7 Å². The van der Waals surface area contributed by atoms with Gasteiger partial charge in [0.2, 0.25) is 0 Å². The van der Waals surface area contributed by atoms with Gasteiger partial charge in [0.15, 0.2) is 0 Å². The SMILES string of the molecule is CC(C)(C)NCCOc1ccc2oc(C(C)(C)C)cc2c1. The standard InChI is InChI=1S/C18H27NO2/c1-17(2,3)16-12-13-11-14(7-8-15(13)21-16)20-10-9-19-18(4,5)6/h7-8,11-12,19H,9-10H2,1-6H3. The van der Waals surface area contributed by atoms with Crippen LogP contribution in [-0.2, 0) is 5.41 Å². The second-order valence-electron chi connectivity index (χ2n) is 7.59. The Morgan fingerprint density at radius 2 is 1.76 bits per heavy atom. The maximum atomic E-state index is 5.89. The average molecular weight is 289 g/mol. The number of rotatable bonds is 4. The summed E-state index contributed by atoms with van der Waals surface area (Å²) in [5.41, 5.74) is 1.07. The smallest absolute Gasteiger partial charge is 0.134 e. The molecule has 0 radical (unpaired) electrons. The van der Waals surface area contributed by atoms with Gasteiger partial charge in [0, 0.05) is 22.9 Å². The van der Waals surface area contributed by atoms with Crippen molar-refractivity contribution in [2.75, 3.05) is 13.2 Å². The Labute approximate surface area is 127 Å². The molecule has 0 fully saturated rings. The first-order valence-electron chi connectivity index (χ1n) is 7.57. The van der Waals surface area contributed by atoms with Crippen molar-refractivity contribution in [2.24, 2.45) is 0 Å². The lowest BCUT2D eigenvalue weighted by molar-refractivity contribution is 0.291. The monoisotopic (exact) mass is 289 g/mol. The van der Waals surface area contributed by atoms with Gasteiger partial charge in [-0.3, -0.25) is 0 Å². The van der Waals surface area contributed by atoms with Gasteiger partial charge in [0.05, 0.1) is 0 Å². The second kappa shape index (κ2) is 5.72. The summed E-state index contributed by atoms with van der Waals surface area (Å²) in [7, 11) is 0. The van der Waals surface area contributed by atoms with Crippen LogP contribution in [0.1, 0.15) is 47.3 Å². The van der Waals surface area contributed by atoms with Crippen LogP contribution in [0.5, 0.6) is 5.75 Å². The maximum absolute atomic E-state index is 5.89. The summed E-state index contributed by atoms with van der Waals surface area (Å²) >= 11 is 0. The van der Waals surface area contributed by atoms with E-state index in [2.05, 4.69) is 52.9 Å². The first kappa shape index (κ1) is 15.9. The maximum Gasteiger partial charge on any atom is 0.134 e. The summed E-state index contributed by atoms with van der Waals surface area (Å²) < 4.78 is 11.7. The lowest BCUT2D eigenvalue weighted by atomic mass is 9.93. The van der Waals surface area contributed by atoms with Crippen molar-refractivity contribution in [2.45, 2.75) is 52.5 Å². The Kier molecular flexibility index (Phi) is 4.33. The molecule has 116 valence electrons. The van der Waals surface area contributed by atoms with Crippen molar-refractivity contribution in [3.63, 3.8) is 0 Å². The van der Waals surface area contributed by atoms with Crippen molar-refractivity contribution in [1.29, 1.82) is 0 Å². The molecule has 0 aliphatic carbocycles. The fourth-order valence-electron chi connectivity index (χ4n) is 2.08. The molecule has 0 spiro atoms. The van der Waals surface area contributed by atoms with Crippen molar-refractivity contribution in [3.05, 3.63) is 30.0 Å². The fraction of sp³-hybridized carbons (Fsp3) is 0.556. The molecule has 21 heavy (non-hydrogen) atoms. The van der Waals surface area contributed by atoms with Crippen LogP contribution in [0.25, 0.3) is 11.0 Å². The first-order valence-corrected chi connectivity index (χ1v) is 7.57. The molecule has 1 aromatic carbocycles. The Balaban J connectivity index is 2.02. The number of furan rings is 1. The lowest BCUT2D eigenvalue weighted by Gasteiger charge is -2.20. The number of hydrogen-bond donors (Lipinski definition) is 1. The van der Waals surface area contributed by atoms with Gasteiger partial charge in [0.25, 0.3) is 0 Å². The summed E-state index contributed by atoms with van der Waals surface area (Å²) in [5.74, 6) is 1.89. The molecule has 0 saturated carbocycles. The normalized spacial score (nSPS) is 12.9. The van der Waals surface area contributed by atoms with E-state index < -0.39 is 0 Å². The zero-order chi connectivity index (χ0) is 15.7. The fourth-order valence-corrected chi connectivity index (χ4v) is 2.08. The highest BCUT2D eigenvalue weighted by atomic mass is 16.5. The topological polar surface area (TPSA) is 34.4 Å². The molecule has 2 rings (SSSR count). The predicted octanol–water partition coefficient (Wildman–Crippen LogP) is 4.50. The first-order chi connectivity index (χ1) is 9.65. The molecule has 0 aliphatic heterocycles. The molecule has 1 aromatic heterocycles. The second-order valence-corrected chi connectivity index (χ2v) is 7.59. The van der Waals surface area contributed by atoms with Crippen LogP contribution < -0.4 is 10.1 Å². The highest BCUT2D eigenvalue weighted by Crippen LogP contribution is 2.30. The third-order valence-corrected chi connectivity index (χ3v) is 3.25. The van der Waals surface area contributed by atoms with E-state index in [1.165, 1.54) is 0 Å². The summed E-state index contributed by atoms with van der Waals surface area (Å²) in [4.78, 5) is 0. The molecule has 0 atom stereocenters. The van der Waals surface area contributed by atoms with Gasteiger partial charge in [0.1, 0.15) is 23.7 Å². The van der Waals surface area contributed by atoms with Crippen molar-refractivity contribution >= 4 is 11.0 Å². The van der Waals surface area contributed by atoms with Gasteiger partial charge in [-0.15, -0.1) is 0 Å².